The summed E-state index contributed by atoms with van der Waals surface area (Å²) in [6.07, 6.45) is 7.65. The first-order chi connectivity index (χ1) is 11.8. The molecule has 1 amide bonds. The Labute approximate surface area is 145 Å². The number of carbonyl (C=O) groups excluding carboxylic acids is 1. The third-order valence-electron chi connectivity index (χ3n) is 3.89. The number of para-hydroxylation sites is 3. The van der Waals surface area contributed by atoms with Gasteiger partial charge in [0, 0.05) is 6.42 Å². The molecular weight excluding hydrogens is 298 g/mol. The highest BCUT2D eigenvalue weighted by molar-refractivity contribution is 5.92. The van der Waals surface area contributed by atoms with Crippen molar-refractivity contribution in [1.82, 2.24) is 0 Å². The van der Waals surface area contributed by atoms with Gasteiger partial charge in [-0.25, -0.2) is 0 Å². The van der Waals surface area contributed by atoms with Gasteiger partial charge in [-0.05, 0) is 30.7 Å². The maximum atomic E-state index is 12.1. The molecule has 0 unspecified atom stereocenters. The van der Waals surface area contributed by atoms with Crippen LogP contribution in [-0.4, -0.2) is 5.91 Å². The number of benzene rings is 2. The molecule has 0 radical (unpaired) electrons. The molecule has 0 aliphatic carbocycles. The predicted molar refractivity (Wildman–Crippen MR) is 99.6 cm³/mol. The third-order valence-corrected chi connectivity index (χ3v) is 3.89. The highest BCUT2D eigenvalue weighted by Crippen LogP contribution is 2.29. The van der Waals surface area contributed by atoms with E-state index in [0.717, 1.165) is 24.3 Å². The lowest BCUT2D eigenvalue weighted by molar-refractivity contribution is -0.116. The van der Waals surface area contributed by atoms with E-state index in [2.05, 4.69) is 12.2 Å². The van der Waals surface area contributed by atoms with Crippen molar-refractivity contribution < 1.29 is 9.53 Å². The summed E-state index contributed by atoms with van der Waals surface area (Å²) in [7, 11) is 0. The van der Waals surface area contributed by atoms with Gasteiger partial charge in [0.05, 0.1) is 5.69 Å². The molecule has 0 atom stereocenters. The maximum Gasteiger partial charge on any atom is 0.224 e. The normalized spacial score (nSPS) is 10.4. The van der Waals surface area contributed by atoms with Gasteiger partial charge in [-0.2, -0.15) is 0 Å². The molecule has 0 aliphatic rings. The zero-order chi connectivity index (χ0) is 17.0. The number of amides is 1. The first kappa shape index (κ1) is 18.1. The number of rotatable bonds is 10. The van der Waals surface area contributed by atoms with E-state index in [-0.39, 0.29) is 5.91 Å². The molecule has 0 saturated carbocycles. The van der Waals surface area contributed by atoms with E-state index in [1.807, 2.05) is 54.6 Å². The molecule has 0 fully saturated rings. The standard InChI is InChI=1S/C21H27NO2/c1-2-3-4-5-6-10-17-21(23)22-19-15-11-12-16-20(19)24-18-13-8-7-9-14-18/h7-9,11-16H,2-6,10,17H2,1H3,(H,22,23). The first-order valence-corrected chi connectivity index (χ1v) is 8.91. The Hall–Kier alpha value is -2.29. The molecule has 2 rings (SSSR count). The van der Waals surface area contributed by atoms with Crippen molar-refractivity contribution in [2.75, 3.05) is 5.32 Å². The van der Waals surface area contributed by atoms with E-state index in [0.29, 0.717) is 12.2 Å². The Balaban J connectivity index is 1.82. The van der Waals surface area contributed by atoms with Crippen LogP contribution in [0.25, 0.3) is 0 Å². The minimum absolute atomic E-state index is 0.0506. The fourth-order valence-electron chi connectivity index (χ4n) is 2.55. The van der Waals surface area contributed by atoms with Crippen LogP contribution in [-0.2, 0) is 4.79 Å². The lowest BCUT2D eigenvalue weighted by atomic mass is 10.1. The monoisotopic (exact) mass is 325 g/mol. The summed E-state index contributed by atoms with van der Waals surface area (Å²) in [4.78, 5) is 12.1. The van der Waals surface area contributed by atoms with Gasteiger partial charge >= 0.3 is 0 Å². The van der Waals surface area contributed by atoms with Gasteiger partial charge < -0.3 is 10.1 Å². The van der Waals surface area contributed by atoms with Gasteiger partial charge in [0.25, 0.3) is 0 Å². The minimum atomic E-state index is 0.0506. The Bertz CT molecular complexity index is 610. The summed E-state index contributed by atoms with van der Waals surface area (Å²) in [6, 6.07) is 17.1. The molecule has 3 heteroatoms. The van der Waals surface area contributed by atoms with Gasteiger partial charge in [-0.3, -0.25) is 4.79 Å². The summed E-state index contributed by atoms with van der Waals surface area (Å²) >= 11 is 0. The Morgan fingerprint density at radius 1 is 0.875 bits per heavy atom. The lowest BCUT2D eigenvalue weighted by Gasteiger charge is -2.12. The number of ether oxygens (including phenoxy) is 1. The van der Waals surface area contributed by atoms with Crippen LogP contribution in [0.5, 0.6) is 11.5 Å². The number of unbranched alkanes of at least 4 members (excludes halogenated alkanes) is 5. The summed E-state index contributed by atoms with van der Waals surface area (Å²) < 4.78 is 5.87. The number of anilines is 1. The van der Waals surface area contributed by atoms with Crippen molar-refractivity contribution in [3.05, 3.63) is 54.6 Å². The van der Waals surface area contributed by atoms with Crippen LogP contribution in [0.15, 0.2) is 54.6 Å². The molecule has 24 heavy (non-hydrogen) atoms. The second-order valence-corrected chi connectivity index (χ2v) is 5.98. The summed E-state index contributed by atoms with van der Waals surface area (Å²) in [6.45, 7) is 2.21. The number of hydrogen-bond donors (Lipinski definition) is 1. The van der Waals surface area contributed by atoms with E-state index in [1.165, 1.54) is 25.7 Å². The van der Waals surface area contributed by atoms with Crippen molar-refractivity contribution in [2.24, 2.45) is 0 Å². The van der Waals surface area contributed by atoms with Gasteiger partial charge in [0.15, 0.2) is 5.75 Å². The SMILES string of the molecule is CCCCCCCCC(=O)Nc1ccccc1Oc1ccccc1. The van der Waals surface area contributed by atoms with Gasteiger partial charge in [-0.1, -0.05) is 69.4 Å². The van der Waals surface area contributed by atoms with Crippen LogP contribution in [0.4, 0.5) is 5.69 Å². The van der Waals surface area contributed by atoms with Crippen molar-refractivity contribution in [3.63, 3.8) is 0 Å². The quantitative estimate of drug-likeness (QED) is 0.531. The highest BCUT2D eigenvalue weighted by atomic mass is 16.5. The van der Waals surface area contributed by atoms with E-state index in [4.69, 9.17) is 4.74 Å². The molecule has 0 bridgehead atoms. The van der Waals surface area contributed by atoms with Gasteiger partial charge in [0.2, 0.25) is 5.91 Å². The van der Waals surface area contributed by atoms with E-state index >= 15 is 0 Å². The van der Waals surface area contributed by atoms with Crippen LogP contribution in [0, 0.1) is 0 Å². The number of carbonyl (C=O) groups is 1. The van der Waals surface area contributed by atoms with Crippen molar-refractivity contribution >= 4 is 11.6 Å². The average Bonchev–Trinajstić information content (AvgIpc) is 2.61. The summed E-state index contributed by atoms with van der Waals surface area (Å²) in [5, 5.41) is 2.97. The van der Waals surface area contributed by atoms with Crippen LogP contribution in [0.2, 0.25) is 0 Å². The molecule has 0 aromatic heterocycles. The van der Waals surface area contributed by atoms with E-state index in [1.54, 1.807) is 0 Å². The molecule has 0 aliphatic heterocycles. The molecule has 3 nitrogen and oxygen atoms in total. The second kappa shape index (κ2) is 10.5. The largest absolute Gasteiger partial charge is 0.455 e. The Morgan fingerprint density at radius 2 is 1.54 bits per heavy atom. The number of nitrogens with one attached hydrogen (secondary N) is 1. The van der Waals surface area contributed by atoms with Crippen molar-refractivity contribution in [2.45, 2.75) is 51.9 Å². The molecule has 1 N–H and O–H groups in total. The second-order valence-electron chi connectivity index (χ2n) is 5.98. The average molecular weight is 325 g/mol. The summed E-state index contributed by atoms with van der Waals surface area (Å²) in [5.41, 5.74) is 0.720. The minimum Gasteiger partial charge on any atom is -0.455 e. The Morgan fingerprint density at radius 3 is 2.33 bits per heavy atom. The third kappa shape index (κ3) is 6.45. The van der Waals surface area contributed by atoms with E-state index < -0.39 is 0 Å². The zero-order valence-electron chi connectivity index (χ0n) is 14.5. The smallest absolute Gasteiger partial charge is 0.224 e. The van der Waals surface area contributed by atoms with Crippen molar-refractivity contribution in [1.29, 1.82) is 0 Å². The maximum absolute atomic E-state index is 12.1. The molecule has 2 aromatic rings. The Kier molecular flexibility index (Phi) is 7.88. The lowest BCUT2D eigenvalue weighted by Crippen LogP contribution is -2.11. The van der Waals surface area contributed by atoms with Gasteiger partial charge in [-0.15, -0.1) is 0 Å². The molecule has 0 spiro atoms. The van der Waals surface area contributed by atoms with Crippen LogP contribution in [0.1, 0.15) is 51.9 Å². The molecule has 0 heterocycles. The van der Waals surface area contributed by atoms with Gasteiger partial charge in [0.1, 0.15) is 5.75 Å². The van der Waals surface area contributed by atoms with Crippen LogP contribution >= 0.6 is 0 Å². The fourth-order valence-corrected chi connectivity index (χ4v) is 2.55. The molecular formula is C21H27NO2. The van der Waals surface area contributed by atoms with Crippen molar-refractivity contribution in [3.8, 4) is 11.5 Å². The summed E-state index contributed by atoms with van der Waals surface area (Å²) in [5.74, 6) is 1.48. The fraction of sp³-hybridized carbons (Fsp3) is 0.381. The van der Waals surface area contributed by atoms with Crippen LogP contribution < -0.4 is 10.1 Å². The topological polar surface area (TPSA) is 38.3 Å². The highest BCUT2D eigenvalue weighted by Gasteiger charge is 2.08. The number of hydrogen-bond acceptors (Lipinski definition) is 2. The molecule has 128 valence electrons. The molecule has 2 aromatic carbocycles. The predicted octanol–water partition coefficient (Wildman–Crippen LogP) is 6.17. The first-order valence-electron chi connectivity index (χ1n) is 8.91. The zero-order valence-corrected chi connectivity index (χ0v) is 14.5. The molecule has 0 saturated heterocycles. The van der Waals surface area contributed by atoms with E-state index in [9.17, 15) is 4.79 Å². The van der Waals surface area contributed by atoms with Crippen LogP contribution in [0.3, 0.4) is 0 Å².